The van der Waals surface area contributed by atoms with E-state index in [-0.39, 0.29) is 22.1 Å². The average Bonchev–Trinajstić information content (AvgIpc) is 2.46. The third-order valence-corrected chi connectivity index (χ3v) is 3.31. The van der Waals surface area contributed by atoms with E-state index in [1.807, 2.05) is 0 Å². The third-order valence-electron chi connectivity index (χ3n) is 3.08. The second-order valence-corrected chi connectivity index (χ2v) is 4.89. The zero-order valence-corrected chi connectivity index (χ0v) is 12.1. The van der Waals surface area contributed by atoms with Crippen molar-refractivity contribution in [3.8, 4) is 11.5 Å². The molecule has 0 aliphatic heterocycles. The maximum absolute atomic E-state index is 12.4. The average molecular weight is 302 g/mol. The fourth-order valence-corrected chi connectivity index (χ4v) is 2.02. The first-order chi connectivity index (χ1) is 9.91. The lowest BCUT2D eigenvalue weighted by atomic mass is 10.1. The molecule has 6 heteroatoms. The van der Waals surface area contributed by atoms with E-state index < -0.39 is 5.91 Å². The smallest absolute Gasteiger partial charge is 0.265 e. The van der Waals surface area contributed by atoms with Crippen molar-refractivity contribution in [1.29, 1.82) is 0 Å². The summed E-state index contributed by atoms with van der Waals surface area (Å²) in [5.74, 6) is -1.06. The van der Waals surface area contributed by atoms with Gasteiger partial charge in [-0.1, -0.05) is 18.3 Å². The highest BCUT2D eigenvalue weighted by Gasteiger charge is 2.20. The number of hydrogen-bond donors (Lipinski definition) is 3. The van der Waals surface area contributed by atoms with Gasteiger partial charge in [-0.2, -0.15) is 0 Å². The molecule has 0 aliphatic carbocycles. The fourth-order valence-electron chi connectivity index (χ4n) is 1.88. The first-order valence-electron chi connectivity index (χ1n) is 6.10. The monoisotopic (exact) mass is 302 g/mol. The Labute approximate surface area is 127 Å². The summed E-state index contributed by atoms with van der Waals surface area (Å²) < 4.78 is 0. The molecule has 108 valence electrons. The van der Waals surface area contributed by atoms with E-state index in [0.29, 0.717) is 11.3 Å². The Morgan fingerprint density at radius 1 is 1.10 bits per heavy atom. The Balaban J connectivity index is 2.33. The topological polar surface area (TPSA) is 86.8 Å². The number of anilines is 1. The van der Waals surface area contributed by atoms with Gasteiger partial charge in [-0.3, -0.25) is 4.79 Å². The molecular formula is C15H14N2O3S. The van der Waals surface area contributed by atoms with Crippen LogP contribution in [0.25, 0.3) is 0 Å². The second kappa shape index (κ2) is 5.80. The SMILES string of the molecule is CN(C(=O)c1c(O)cccc1O)c1ccc(C(N)=S)cc1. The van der Waals surface area contributed by atoms with Gasteiger partial charge in [0.15, 0.2) is 0 Å². The van der Waals surface area contributed by atoms with E-state index in [2.05, 4.69) is 0 Å². The number of thiocarbonyl (C=S) groups is 1. The van der Waals surface area contributed by atoms with E-state index >= 15 is 0 Å². The van der Waals surface area contributed by atoms with Crippen LogP contribution in [-0.4, -0.2) is 28.2 Å². The van der Waals surface area contributed by atoms with E-state index in [1.54, 1.807) is 31.3 Å². The van der Waals surface area contributed by atoms with Crippen LogP contribution in [0.15, 0.2) is 42.5 Å². The number of nitrogens with two attached hydrogens (primary N) is 1. The maximum Gasteiger partial charge on any atom is 0.265 e. The van der Waals surface area contributed by atoms with Crippen molar-refractivity contribution < 1.29 is 15.0 Å². The van der Waals surface area contributed by atoms with Crippen LogP contribution in [0.4, 0.5) is 5.69 Å². The van der Waals surface area contributed by atoms with Crippen molar-refractivity contribution in [3.63, 3.8) is 0 Å². The fraction of sp³-hybridized carbons (Fsp3) is 0.0667. The molecule has 0 bridgehead atoms. The minimum Gasteiger partial charge on any atom is -0.507 e. The van der Waals surface area contributed by atoms with Gasteiger partial charge in [-0.25, -0.2) is 0 Å². The van der Waals surface area contributed by atoms with Gasteiger partial charge in [-0.05, 0) is 36.4 Å². The van der Waals surface area contributed by atoms with Crippen LogP contribution in [0.1, 0.15) is 15.9 Å². The van der Waals surface area contributed by atoms with Crippen LogP contribution in [0, 0.1) is 0 Å². The highest BCUT2D eigenvalue weighted by molar-refractivity contribution is 7.80. The lowest BCUT2D eigenvalue weighted by Gasteiger charge is -2.19. The minimum absolute atomic E-state index is 0.140. The van der Waals surface area contributed by atoms with Gasteiger partial charge in [0.25, 0.3) is 5.91 Å². The van der Waals surface area contributed by atoms with Gasteiger partial charge in [0.2, 0.25) is 0 Å². The summed E-state index contributed by atoms with van der Waals surface area (Å²) in [6.45, 7) is 0. The van der Waals surface area contributed by atoms with Crippen molar-refractivity contribution in [1.82, 2.24) is 0 Å². The molecule has 0 radical (unpaired) electrons. The largest absolute Gasteiger partial charge is 0.507 e. The Bertz CT molecular complexity index is 678. The zero-order valence-electron chi connectivity index (χ0n) is 11.3. The van der Waals surface area contributed by atoms with Crippen LogP contribution in [-0.2, 0) is 0 Å². The molecule has 0 aromatic heterocycles. The number of carbonyl (C=O) groups is 1. The Kier molecular flexibility index (Phi) is 4.09. The van der Waals surface area contributed by atoms with E-state index in [4.69, 9.17) is 18.0 Å². The standard InChI is InChI=1S/C15H14N2O3S/c1-17(10-7-5-9(6-8-10)14(16)21)15(20)13-11(18)3-2-4-12(13)19/h2-8,18-19H,1H3,(H2,16,21). The van der Waals surface area contributed by atoms with E-state index in [9.17, 15) is 15.0 Å². The van der Waals surface area contributed by atoms with Gasteiger partial charge in [-0.15, -0.1) is 0 Å². The number of hydrogen-bond acceptors (Lipinski definition) is 4. The minimum atomic E-state index is -0.520. The van der Waals surface area contributed by atoms with Crippen molar-refractivity contribution in [2.24, 2.45) is 5.73 Å². The zero-order chi connectivity index (χ0) is 15.6. The lowest BCUT2D eigenvalue weighted by Crippen LogP contribution is -2.26. The summed E-state index contributed by atoms with van der Waals surface area (Å²) in [5.41, 5.74) is 6.66. The van der Waals surface area contributed by atoms with E-state index in [0.717, 1.165) is 0 Å². The Morgan fingerprint density at radius 2 is 1.62 bits per heavy atom. The van der Waals surface area contributed by atoms with Crippen molar-refractivity contribution in [2.75, 3.05) is 11.9 Å². The normalized spacial score (nSPS) is 10.1. The predicted octanol–water partition coefficient (Wildman–Crippen LogP) is 2.01. The van der Waals surface area contributed by atoms with Gasteiger partial charge in [0.1, 0.15) is 22.1 Å². The number of carbonyl (C=O) groups excluding carboxylic acids is 1. The Hall–Kier alpha value is -2.60. The summed E-state index contributed by atoms with van der Waals surface area (Å²) in [4.78, 5) is 14.0. The van der Waals surface area contributed by atoms with Gasteiger partial charge in [0, 0.05) is 18.3 Å². The van der Waals surface area contributed by atoms with Crippen molar-refractivity contribution in [2.45, 2.75) is 0 Å². The van der Waals surface area contributed by atoms with Crippen LogP contribution in [0.2, 0.25) is 0 Å². The molecule has 0 atom stereocenters. The molecule has 21 heavy (non-hydrogen) atoms. The molecule has 1 amide bonds. The highest BCUT2D eigenvalue weighted by atomic mass is 32.1. The van der Waals surface area contributed by atoms with Crippen molar-refractivity contribution in [3.05, 3.63) is 53.6 Å². The molecule has 0 saturated carbocycles. The molecule has 0 heterocycles. The molecule has 0 fully saturated rings. The molecule has 2 rings (SSSR count). The number of amides is 1. The number of phenolic OH excluding ortho intramolecular Hbond substituents is 2. The molecular weight excluding hydrogens is 288 g/mol. The molecule has 5 nitrogen and oxygen atoms in total. The molecule has 2 aromatic rings. The number of aromatic hydroxyl groups is 2. The summed E-state index contributed by atoms with van der Waals surface area (Å²) in [5, 5.41) is 19.5. The first-order valence-corrected chi connectivity index (χ1v) is 6.51. The lowest BCUT2D eigenvalue weighted by molar-refractivity contribution is 0.0987. The second-order valence-electron chi connectivity index (χ2n) is 4.45. The number of rotatable bonds is 3. The highest BCUT2D eigenvalue weighted by Crippen LogP contribution is 2.29. The summed E-state index contributed by atoms with van der Waals surface area (Å²) in [6.07, 6.45) is 0. The number of benzene rings is 2. The molecule has 0 unspecified atom stereocenters. The first kappa shape index (κ1) is 14.8. The van der Waals surface area contributed by atoms with E-state index in [1.165, 1.54) is 23.1 Å². The van der Waals surface area contributed by atoms with Crippen molar-refractivity contribution >= 4 is 28.8 Å². The summed E-state index contributed by atoms with van der Waals surface area (Å²) in [7, 11) is 1.55. The van der Waals surface area contributed by atoms with Crippen LogP contribution in [0.5, 0.6) is 11.5 Å². The van der Waals surface area contributed by atoms with Crippen LogP contribution in [0.3, 0.4) is 0 Å². The molecule has 4 N–H and O–H groups in total. The van der Waals surface area contributed by atoms with Crippen LogP contribution < -0.4 is 10.6 Å². The summed E-state index contributed by atoms with van der Waals surface area (Å²) in [6, 6.07) is 10.9. The predicted molar refractivity (Wildman–Crippen MR) is 84.8 cm³/mol. The van der Waals surface area contributed by atoms with Gasteiger partial charge < -0.3 is 20.8 Å². The number of phenols is 2. The van der Waals surface area contributed by atoms with Gasteiger partial charge >= 0.3 is 0 Å². The summed E-state index contributed by atoms with van der Waals surface area (Å²) >= 11 is 4.86. The molecule has 0 saturated heterocycles. The molecule has 2 aromatic carbocycles. The maximum atomic E-state index is 12.4. The number of nitrogens with zero attached hydrogens (tertiary/aromatic N) is 1. The molecule has 0 aliphatic rings. The third kappa shape index (κ3) is 2.95. The van der Waals surface area contributed by atoms with Gasteiger partial charge in [0.05, 0.1) is 0 Å². The Morgan fingerprint density at radius 3 is 2.10 bits per heavy atom. The molecule has 0 spiro atoms. The van der Waals surface area contributed by atoms with Crippen LogP contribution >= 0.6 is 12.2 Å². The quantitative estimate of drug-likeness (QED) is 0.755.